The molecule has 5 aromatic rings. The third-order valence-electron chi connectivity index (χ3n) is 9.89. The maximum absolute atomic E-state index is 16.2. The zero-order chi connectivity index (χ0) is 37.6. The monoisotopic (exact) mass is 732 g/mol. The molecule has 2 heterocycles. The van der Waals surface area contributed by atoms with Gasteiger partial charge in [0.2, 0.25) is 5.78 Å². The van der Waals surface area contributed by atoms with Gasteiger partial charge in [-0.2, -0.15) is 0 Å². The average Bonchev–Trinajstić information content (AvgIpc) is 3.53. The van der Waals surface area contributed by atoms with E-state index >= 15 is 4.39 Å². The first kappa shape index (κ1) is 36.2. The number of nitrogens with zero attached hydrogens (tertiary/aromatic N) is 2. The summed E-state index contributed by atoms with van der Waals surface area (Å²) in [6.45, 7) is 0. The van der Waals surface area contributed by atoms with E-state index in [-0.39, 0.29) is 34.3 Å². The van der Waals surface area contributed by atoms with E-state index in [1.54, 1.807) is 12.1 Å². The molecule has 1 aromatic heterocycles. The van der Waals surface area contributed by atoms with E-state index < -0.39 is 65.5 Å². The summed E-state index contributed by atoms with van der Waals surface area (Å²) in [5.74, 6) is -7.79. The Morgan fingerprint density at radius 1 is 0.849 bits per heavy atom. The first-order chi connectivity index (χ1) is 25.4. The van der Waals surface area contributed by atoms with E-state index in [0.717, 1.165) is 38.2 Å². The predicted octanol–water partition coefficient (Wildman–Crippen LogP) is 5.23. The fourth-order valence-electron chi connectivity index (χ4n) is 7.21. The Morgan fingerprint density at radius 2 is 1.51 bits per heavy atom. The summed E-state index contributed by atoms with van der Waals surface area (Å²) in [5.41, 5.74) is 1.31. The molecule has 4 aromatic carbocycles. The van der Waals surface area contributed by atoms with Crippen LogP contribution in [0.15, 0.2) is 84.9 Å². The van der Waals surface area contributed by atoms with E-state index in [0.29, 0.717) is 16.6 Å². The van der Waals surface area contributed by atoms with Gasteiger partial charge in [-0.1, -0.05) is 43.5 Å². The molecule has 53 heavy (non-hydrogen) atoms. The van der Waals surface area contributed by atoms with Crippen LogP contribution >= 0.6 is 0 Å². The number of aromatic nitrogens is 2. The summed E-state index contributed by atoms with van der Waals surface area (Å²) in [6, 6.07) is 19.4. The molecule has 0 radical (unpaired) electrons. The van der Waals surface area contributed by atoms with Crippen molar-refractivity contribution in [2.24, 2.45) is 0 Å². The molecule has 0 unspecified atom stereocenters. The van der Waals surface area contributed by atoms with Gasteiger partial charge in [0.15, 0.2) is 6.10 Å². The molecular formula is C39H35F3N2O9. The van der Waals surface area contributed by atoms with Gasteiger partial charge >= 0.3 is 5.97 Å². The standard InChI is InChI=1S/C39H35F3N2O9/c40-23-8-4-6-20(16-23)33(21-7-5-9-24(41)17-21)52-26-13-14-27(28(42)19-26)37-43-29-18-22(12-15-30(29)44(37)25-10-2-1-3-11-25)35(47)39(51)36(48)32(46)31(45)34(53-39)38(49)50/h4-9,12-19,25,31-34,36,45-46,48,51H,1-3,10-11H2,(H,49,50)/t31-,32-,34-,36+,39+/m0/s1. The number of aliphatic hydroxyl groups is 4. The highest BCUT2D eigenvalue weighted by atomic mass is 19.1. The highest BCUT2D eigenvalue weighted by Crippen LogP contribution is 2.39. The molecule has 0 amide bonds. The smallest absolute Gasteiger partial charge is 0.335 e. The number of fused-ring (bicyclic) bond motifs is 1. The number of Topliss-reactive ketones (excluding diaryl/α,β-unsaturated/α-hetero) is 1. The highest BCUT2D eigenvalue weighted by molar-refractivity contribution is 6.04. The van der Waals surface area contributed by atoms with Gasteiger partial charge in [-0.15, -0.1) is 0 Å². The number of aliphatic carboxylic acids is 1. The van der Waals surface area contributed by atoms with Crippen LogP contribution in [0.4, 0.5) is 13.2 Å². The zero-order valence-corrected chi connectivity index (χ0v) is 28.0. The van der Waals surface area contributed by atoms with Gasteiger partial charge in [-0.25, -0.2) is 22.9 Å². The van der Waals surface area contributed by atoms with Crippen molar-refractivity contribution in [2.75, 3.05) is 0 Å². The van der Waals surface area contributed by atoms with Crippen molar-refractivity contribution in [1.29, 1.82) is 0 Å². The van der Waals surface area contributed by atoms with Crippen LogP contribution in [0.2, 0.25) is 0 Å². The van der Waals surface area contributed by atoms with Gasteiger partial charge in [-0.3, -0.25) is 4.79 Å². The van der Waals surface area contributed by atoms with E-state index in [1.165, 1.54) is 66.7 Å². The average molecular weight is 733 g/mol. The van der Waals surface area contributed by atoms with Crippen LogP contribution in [0.1, 0.15) is 65.7 Å². The summed E-state index contributed by atoms with van der Waals surface area (Å²) in [6.07, 6.45) is -5.59. The van der Waals surface area contributed by atoms with Crippen LogP contribution in [0, 0.1) is 17.5 Å². The number of carboxylic acid groups (broad SMARTS) is 1. The Labute approximate surface area is 300 Å². The van der Waals surface area contributed by atoms with Crippen molar-refractivity contribution in [3.05, 3.63) is 119 Å². The Hall–Kier alpha value is -5.12. The normalized spacial score (nSPS) is 23.7. The topological polar surface area (TPSA) is 172 Å². The van der Waals surface area contributed by atoms with Crippen LogP contribution in [0.3, 0.4) is 0 Å². The predicted molar refractivity (Wildman–Crippen MR) is 182 cm³/mol. The Bertz CT molecular complexity index is 2140. The summed E-state index contributed by atoms with van der Waals surface area (Å²) in [4.78, 5) is 30.0. The van der Waals surface area contributed by atoms with E-state index in [2.05, 4.69) is 0 Å². The number of ether oxygens (including phenoxy) is 2. The second-order valence-corrected chi connectivity index (χ2v) is 13.4. The van der Waals surface area contributed by atoms with E-state index in [4.69, 9.17) is 14.5 Å². The molecule has 1 saturated carbocycles. The molecule has 11 nitrogen and oxygen atoms in total. The van der Waals surface area contributed by atoms with Crippen LogP contribution in [0.25, 0.3) is 22.4 Å². The Morgan fingerprint density at radius 3 is 2.11 bits per heavy atom. The van der Waals surface area contributed by atoms with Crippen molar-refractivity contribution < 1.29 is 57.8 Å². The van der Waals surface area contributed by atoms with Crippen LogP contribution < -0.4 is 4.74 Å². The SMILES string of the molecule is O=C(O)[C@H]1O[C@](O)(C(=O)c2ccc3c(c2)nc(-c2ccc(OC(c4cccc(F)c4)c4cccc(F)c4)cc2F)n3C2CCCCC2)[C@H](O)[C@@H](O)[C@@H]1O. The van der Waals surface area contributed by atoms with Gasteiger partial charge in [-0.05, 0) is 78.6 Å². The molecule has 5 N–H and O–H groups in total. The van der Waals surface area contributed by atoms with Crippen LogP contribution in [-0.2, 0) is 9.53 Å². The van der Waals surface area contributed by atoms with Crippen molar-refractivity contribution in [3.63, 3.8) is 0 Å². The number of carbonyl (C=O) groups excluding carboxylic acids is 1. The van der Waals surface area contributed by atoms with E-state index in [1.807, 2.05) is 4.57 Å². The third-order valence-corrected chi connectivity index (χ3v) is 9.89. The number of hydrogen-bond acceptors (Lipinski definition) is 9. The number of hydrogen-bond donors (Lipinski definition) is 5. The number of rotatable bonds is 9. The maximum atomic E-state index is 16.2. The lowest BCUT2D eigenvalue weighted by Gasteiger charge is -2.43. The van der Waals surface area contributed by atoms with Crippen LogP contribution in [-0.4, -0.2) is 77.0 Å². The summed E-state index contributed by atoms with van der Waals surface area (Å²) in [5, 5.41) is 51.4. The fraction of sp³-hybridized carbons (Fsp3) is 0.308. The number of aliphatic hydroxyl groups excluding tert-OH is 3. The zero-order valence-electron chi connectivity index (χ0n) is 28.0. The largest absolute Gasteiger partial charge is 0.481 e. The molecule has 276 valence electrons. The third kappa shape index (κ3) is 6.80. The Balaban J connectivity index is 1.26. The Kier molecular flexibility index (Phi) is 9.83. The molecule has 1 saturated heterocycles. The van der Waals surface area contributed by atoms with E-state index in [9.17, 15) is 43.9 Å². The highest BCUT2D eigenvalue weighted by Gasteiger charge is 2.59. The van der Waals surface area contributed by atoms with Gasteiger partial charge in [0.1, 0.15) is 53.4 Å². The fourth-order valence-corrected chi connectivity index (χ4v) is 7.21. The molecule has 5 atom stereocenters. The molecule has 0 bridgehead atoms. The number of imidazole rings is 1. The summed E-state index contributed by atoms with van der Waals surface area (Å²) >= 11 is 0. The first-order valence-electron chi connectivity index (χ1n) is 17.1. The van der Waals surface area contributed by atoms with Gasteiger partial charge in [0.05, 0.1) is 16.6 Å². The van der Waals surface area contributed by atoms with Crippen LogP contribution in [0.5, 0.6) is 5.75 Å². The minimum atomic E-state index is -3.24. The molecule has 0 spiro atoms. The van der Waals surface area contributed by atoms with Gasteiger partial charge < -0.3 is 39.6 Å². The lowest BCUT2D eigenvalue weighted by Crippen LogP contribution is -2.68. The molecule has 14 heteroatoms. The number of ketones is 1. The molecule has 1 aliphatic carbocycles. The molecule has 7 rings (SSSR count). The molecule has 2 aliphatic rings. The summed E-state index contributed by atoms with van der Waals surface area (Å²) < 4.78 is 57.7. The van der Waals surface area contributed by atoms with Gasteiger partial charge in [0, 0.05) is 17.7 Å². The lowest BCUT2D eigenvalue weighted by atomic mass is 9.87. The lowest BCUT2D eigenvalue weighted by molar-refractivity contribution is -0.314. The first-order valence-corrected chi connectivity index (χ1v) is 17.1. The van der Waals surface area contributed by atoms with Crippen molar-refractivity contribution in [2.45, 2.75) is 74.5 Å². The van der Waals surface area contributed by atoms with Crippen molar-refractivity contribution >= 4 is 22.8 Å². The maximum Gasteiger partial charge on any atom is 0.335 e. The minimum absolute atomic E-state index is 0.0734. The van der Waals surface area contributed by atoms with Crippen molar-refractivity contribution in [1.82, 2.24) is 9.55 Å². The second kappa shape index (κ2) is 14.4. The number of carboxylic acids is 1. The number of halogens is 3. The molecule has 1 aliphatic heterocycles. The molecule has 2 fully saturated rings. The number of carbonyl (C=O) groups is 2. The minimum Gasteiger partial charge on any atom is -0.481 e. The number of benzene rings is 4. The second-order valence-electron chi connectivity index (χ2n) is 13.4. The molecular weight excluding hydrogens is 697 g/mol. The van der Waals surface area contributed by atoms with Gasteiger partial charge in [0.25, 0.3) is 5.79 Å². The quantitative estimate of drug-likeness (QED) is 0.126. The van der Waals surface area contributed by atoms with Crippen molar-refractivity contribution in [3.8, 4) is 17.1 Å². The summed E-state index contributed by atoms with van der Waals surface area (Å²) in [7, 11) is 0.